The van der Waals surface area contributed by atoms with E-state index in [-0.39, 0.29) is 24.1 Å². The van der Waals surface area contributed by atoms with Gasteiger partial charge in [0.25, 0.3) is 5.91 Å². The number of fused-ring (bicyclic) bond motifs is 1. The maximum absolute atomic E-state index is 13.3. The average Bonchev–Trinajstić information content (AvgIpc) is 2.63. The molecule has 2 aromatic rings. The average molecular weight is 388 g/mol. The molecule has 0 bridgehead atoms. The fourth-order valence-corrected chi connectivity index (χ4v) is 3.94. The summed E-state index contributed by atoms with van der Waals surface area (Å²) in [5.74, 6) is -0.552. The van der Waals surface area contributed by atoms with Crippen LogP contribution >= 0.6 is 11.6 Å². The van der Waals surface area contributed by atoms with E-state index in [1.54, 1.807) is 35.2 Å². The summed E-state index contributed by atoms with van der Waals surface area (Å²) in [7, 11) is 0. The van der Waals surface area contributed by atoms with Crippen molar-refractivity contribution in [2.45, 2.75) is 24.9 Å². The number of nitrogens with one attached hydrogen (secondary N) is 2. The molecule has 0 unspecified atom stereocenters. The second kappa shape index (κ2) is 6.85. The maximum Gasteiger partial charge on any atom is 0.255 e. The van der Waals surface area contributed by atoms with E-state index in [1.165, 1.54) is 12.1 Å². The van der Waals surface area contributed by atoms with Gasteiger partial charge in [0.1, 0.15) is 11.5 Å². The molecule has 2 aliphatic heterocycles. The fourth-order valence-electron chi connectivity index (χ4n) is 3.72. The Morgan fingerprint density at radius 3 is 2.63 bits per heavy atom. The molecule has 2 N–H and O–H groups in total. The molecule has 2 amide bonds. The van der Waals surface area contributed by atoms with Gasteiger partial charge in [-0.1, -0.05) is 29.8 Å². The van der Waals surface area contributed by atoms with E-state index in [0.717, 1.165) is 0 Å². The number of carbonyl (C=O) groups excluding carboxylic acids is 2. The van der Waals surface area contributed by atoms with Crippen LogP contribution in [0.15, 0.2) is 42.5 Å². The van der Waals surface area contributed by atoms with Gasteiger partial charge in [-0.2, -0.15) is 0 Å². The first-order valence-electron chi connectivity index (χ1n) is 8.87. The number of piperidine rings is 1. The Morgan fingerprint density at radius 1 is 1.15 bits per heavy atom. The zero-order valence-corrected chi connectivity index (χ0v) is 15.4. The van der Waals surface area contributed by atoms with Gasteiger partial charge in [-0.3, -0.25) is 9.59 Å². The van der Waals surface area contributed by atoms with Crippen molar-refractivity contribution in [1.29, 1.82) is 0 Å². The van der Waals surface area contributed by atoms with Crippen molar-refractivity contribution in [3.63, 3.8) is 0 Å². The van der Waals surface area contributed by atoms with Crippen molar-refractivity contribution in [2.75, 3.05) is 18.4 Å². The van der Waals surface area contributed by atoms with Gasteiger partial charge in [0.05, 0.1) is 22.7 Å². The molecule has 0 radical (unpaired) electrons. The van der Waals surface area contributed by atoms with Crippen LogP contribution in [-0.2, 0) is 11.2 Å². The molecule has 1 saturated heterocycles. The molecular weight excluding hydrogens is 369 g/mol. The Labute approximate surface area is 161 Å². The van der Waals surface area contributed by atoms with E-state index in [1.807, 2.05) is 0 Å². The summed E-state index contributed by atoms with van der Waals surface area (Å²) < 4.78 is 13.3. The molecule has 2 aromatic carbocycles. The van der Waals surface area contributed by atoms with Gasteiger partial charge in [0.2, 0.25) is 5.91 Å². The zero-order chi connectivity index (χ0) is 19.0. The fraction of sp³-hybridized carbons (Fsp3) is 0.300. The Morgan fingerprint density at radius 2 is 1.89 bits per heavy atom. The minimum atomic E-state index is -0.606. The third-order valence-electron chi connectivity index (χ3n) is 5.19. The number of rotatable bonds is 2. The molecule has 1 spiro atoms. The smallest absolute Gasteiger partial charge is 0.255 e. The number of likely N-dealkylation sites (tertiary alicyclic amines) is 1. The Hall–Kier alpha value is -2.60. The van der Waals surface area contributed by atoms with Crippen LogP contribution < -0.4 is 10.6 Å². The van der Waals surface area contributed by atoms with Crippen LogP contribution in [0.1, 0.15) is 28.8 Å². The normalized spacial score (nSPS) is 17.9. The lowest BCUT2D eigenvalue weighted by Crippen LogP contribution is -2.62. The van der Waals surface area contributed by atoms with Gasteiger partial charge in [-0.25, -0.2) is 4.39 Å². The lowest BCUT2D eigenvalue weighted by molar-refractivity contribution is -0.132. The summed E-state index contributed by atoms with van der Waals surface area (Å²) in [6.07, 6.45) is 1.30. The topological polar surface area (TPSA) is 61.4 Å². The minimum absolute atomic E-state index is 0.0454. The van der Waals surface area contributed by atoms with E-state index < -0.39 is 5.66 Å². The standard InChI is InChI=1S/C20H19ClFN3O2/c21-16-6-2-5-15-18(16)23-20(24-19(15)27)7-9-25(10-8-20)17(26)12-13-3-1-4-14(22)11-13/h1-6,11,23H,7-10,12H2,(H,24,27). The van der Waals surface area contributed by atoms with Crippen LogP contribution in [0.3, 0.4) is 0 Å². The number of carbonyl (C=O) groups is 2. The molecule has 0 aliphatic carbocycles. The maximum atomic E-state index is 13.3. The lowest BCUT2D eigenvalue weighted by Gasteiger charge is -2.46. The largest absolute Gasteiger partial charge is 0.361 e. The molecule has 1 fully saturated rings. The summed E-state index contributed by atoms with van der Waals surface area (Å²) in [6.45, 7) is 1.00. The van der Waals surface area contributed by atoms with Crippen LogP contribution in [0.4, 0.5) is 10.1 Å². The van der Waals surface area contributed by atoms with Crippen molar-refractivity contribution >= 4 is 29.1 Å². The summed E-state index contributed by atoms with van der Waals surface area (Å²) in [6, 6.07) is 11.3. The quantitative estimate of drug-likeness (QED) is 0.831. The van der Waals surface area contributed by atoms with E-state index >= 15 is 0 Å². The van der Waals surface area contributed by atoms with Crippen LogP contribution in [0.5, 0.6) is 0 Å². The highest BCUT2D eigenvalue weighted by atomic mass is 35.5. The van der Waals surface area contributed by atoms with E-state index in [4.69, 9.17) is 11.6 Å². The molecule has 27 heavy (non-hydrogen) atoms. The predicted octanol–water partition coefficient (Wildman–Crippen LogP) is 3.20. The monoisotopic (exact) mass is 387 g/mol. The van der Waals surface area contributed by atoms with Crippen molar-refractivity contribution in [2.24, 2.45) is 0 Å². The van der Waals surface area contributed by atoms with Crippen molar-refractivity contribution in [3.8, 4) is 0 Å². The molecule has 0 saturated carbocycles. The number of para-hydroxylation sites is 1. The summed E-state index contributed by atoms with van der Waals surface area (Å²) in [5, 5.41) is 6.92. The van der Waals surface area contributed by atoms with E-state index in [0.29, 0.717) is 47.8 Å². The number of hydrogen-bond donors (Lipinski definition) is 2. The first kappa shape index (κ1) is 17.8. The third kappa shape index (κ3) is 3.49. The van der Waals surface area contributed by atoms with Crippen LogP contribution in [0, 0.1) is 5.82 Å². The van der Waals surface area contributed by atoms with Crippen molar-refractivity contribution < 1.29 is 14.0 Å². The van der Waals surface area contributed by atoms with Crippen LogP contribution in [-0.4, -0.2) is 35.5 Å². The number of hydrogen-bond acceptors (Lipinski definition) is 3. The second-order valence-electron chi connectivity index (χ2n) is 7.01. The number of nitrogens with zero attached hydrogens (tertiary/aromatic N) is 1. The Balaban J connectivity index is 1.44. The third-order valence-corrected chi connectivity index (χ3v) is 5.50. The van der Waals surface area contributed by atoms with Gasteiger partial charge in [0.15, 0.2) is 0 Å². The first-order valence-corrected chi connectivity index (χ1v) is 9.25. The van der Waals surface area contributed by atoms with Gasteiger partial charge >= 0.3 is 0 Å². The minimum Gasteiger partial charge on any atom is -0.361 e. The van der Waals surface area contributed by atoms with Crippen molar-refractivity contribution in [1.82, 2.24) is 10.2 Å². The van der Waals surface area contributed by atoms with E-state index in [9.17, 15) is 14.0 Å². The number of benzene rings is 2. The Kier molecular flexibility index (Phi) is 4.52. The number of amides is 2. The van der Waals surface area contributed by atoms with Crippen LogP contribution in [0.2, 0.25) is 5.02 Å². The highest BCUT2D eigenvalue weighted by molar-refractivity contribution is 6.34. The van der Waals surface area contributed by atoms with Gasteiger partial charge in [-0.15, -0.1) is 0 Å². The SMILES string of the molecule is O=C1NC2(CCN(C(=O)Cc3cccc(F)c3)CC2)Nc2c(Cl)cccc21. The number of anilines is 1. The summed E-state index contributed by atoms with van der Waals surface area (Å²) in [5.41, 5.74) is 1.22. The summed E-state index contributed by atoms with van der Waals surface area (Å²) >= 11 is 6.25. The molecule has 140 valence electrons. The molecule has 0 aromatic heterocycles. The summed E-state index contributed by atoms with van der Waals surface area (Å²) in [4.78, 5) is 26.8. The molecule has 2 heterocycles. The van der Waals surface area contributed by atoms with Crippen molar-refractivity contribution in [3.05, 3.63) is 64.4 Å². The van der Waals surface area contributed by atoms with Gasteiger partial charge < -0.3 is 15.5 Å². The second-order valence-corrected chi connectivity index (χ2v) is 7.42. The highest BCUT2D eigenvalue weighted by Gasteiger charge is 2.41. The molecular formula is C20H19ClFN3O2. The van der Waals surface area contributed by atoms with Gasteiger partial charge in [0, 0.05) is 25.9 Å². The molecule has 0 atom stereocenters. The number of halogens is 2. The van der Waals surface area contributed by atoms with Gasteiger partial charge in [-0.05, 0) is 29.8 Å². The van der Waals surface area contributed by atoms with Crippen LogP contribution in [0.25, 0.3) is 0 Å². The molecule has 2 aliphatic rings. The zero-order valence-electron chi connectivity index (χ0n) is 14.6. The molecule has 7 heteroatoms. The van der Waals surface area contributed by atoms with E-state index in [2.05, 4.69) is 10.6 Å². The Bertz CT molecular complexity index is 910. The lowest BCUT2D eigenvalue weighted by atomic mass is 9.92. The highest BCUT2D eigenvalue weighted by Crippen LogP contribution is 2.35. The molecule has 5 nitrogen and oxygen atoms in total. The predicted molar refractivity (Wildman–Crippen MR) is 101 cm³/mol. The molecule has 4 rings (SSSR count). The first-order chi connectivity index (χ1) is 13.0.